The number of hydrogen-bond donors (Lipinski definition) is 1. The van der Waals surface area contributed by atoms with Gasteiger partial charge in [-0.15, -0.1) is 0 Å². The van der Waals surface area contributed by atoms with E-state index in [1.165, 1.54) is 60.6 Å². The Bertz CT molecular complexity index is 638. The molecule has 0 unspecified atom stereocenters. The molecule has 0 saturated carbocycles. The van der Waals surface area contributed by atoms with E-state index in [1.807, 2.05) is 0 Å². The molecule has 2 aromatic heterocycles. The van der Waals surface area contributed by atoms with Gasteiger partial charge in [-0.1, -0.05) is 58.3 Å². The van der Waals surface area contributed by atoms with Crippen LogP contribution in [-0.4, -0.2) is 25.7 Å². The number of carbonyl (C=O) groups is 1. The molecule has 122 valence electrons. The summed E-state index contributed by atoms with van der Waals surface area (Å²) in [5.41, 5.74) is 0.651. The highest BCUT2D eigenvalue weighted by Crippen LogP contribution is 2.10. The summed E-state index contributed by atoms with van der Waals surface area (Å²) in [7, 11) is 0. The highest BCUT2D eigenvalue weighted by Gasteiger charge is 2.14. The predicted molar refractivity (Wildman–Crippen MR) is 87.7 cm³/mol. The van der Waals surface area contributed by atoms with E-state index >= 15 is 0 Å². The molecule has 0 saturated heterocycles. The van der Waals surface area contributed by atoms with E-state index in [0.29, 0.717) is 24.1 Å². The first-order chi connectivity index (χ1) is 10.8. The summed E-state index contributed by atoms with van der Waals surface area (Å²) in [4.78, 5) is 30.1. The fourth-order valence-electron chi connectivity index (χ4n) is 2.85. The number of nitrogens with one attached hydrogen (secondary N) is 1. The van der Waals surface area contributed by atoms with E-state index in [1.54, 1.807) is 0 Å². The zero-order valence-electron chi connectivity index (χ0n) is 13.4. The quantitative estimate of drug-likeness (QED) is 0.512. The van der Waals surface area contributed by atoms with Crippen LogP contribution in [0.5, 0.6) is 0 Å². The van der Waals surface area contributed by atoms with Crippen molar-refractivity contribution in [3.8, 4) is 0 Å². The van der Waals surface area contributed by atoms with Crippen LogP contribution in [0.25, 0.3) is 11.2 Å². The van der Waals surface area contributed by atoms with Gasteiger partial charge in [-0.25, -0.2) is 9.67 Å². The molecule has 6 nitrogen and oxygen atoms in total. The van der Waals surface area contributed by atoms with Crippen molar-refractivity contribution >= 4 is 17.6 Å². The molecule has 0 atom stereocenters. The second-order valence-electron chi connectivity index (χ2n) is 5.81. The smallest absolute Gasteiger partial charge is 0.293 e. The molecular weight excluding hydrogens is 280 g/mol. The maximum atomic E-state index is 12.1. The molecule has 0 spiro atoms. The zero-order valence-corrected chi connectivity index (χ0v) is 13.4. The lowest BCUT2D eigenvalue weighted by Crippen LogP contribution is -2.23. The Balaban J connectivity index is 1.73. The van der Waals surface area contributed by atoms with Crippen molar-refractivity contribution in [1.29, 1.82) is 0 Å². The monoisotopic (exact) mass is 306 g/mol. The van der Waals surface area contributed by atoms with Crippen molar-refractivity contribution in [1.82, 2.24) is 19.3 Å². The van der Waals surface area contributed by atoms with Gasteiger partial charge in [-0.3, -0.25) is 9.59 Å². The minimum atomic E-state index is -0.167. The van der Waals surface area contributed by atoms with Gasteiger partial charge < -0.3 is 4.98 Å². The molecule has 2 aromatic rings. The molecule has 2 rings (SSSR count). The third kappa shape index (κ3) is 3.87. The van der Waals surface area contributed by atoms with Gasteiger partial charge in [0.25, 0.3) is 5.56 Å². The van der Waals surface area contributed by atoms with Gasteiger partial charge in [0.1, 0.15) is 0 Å². The number of aromatic amines is 1. The fourth-order valence-corrected chi connectivity index (χ4v) is 2.85. The summed E-state index contributed by atoms with van der Waals surface area (Å²) in [6.07, 6.45) is 13.1. The molecule has 2 heterocycles. The van der Waals surface area contributed by atoms with E-state index in [2.05, 4.69) is 16.9 Å². The molecule has 0 aromatic carbocycles. The number of nitrogens with zero attached hydrogens (tertiary/aromatic N) is 3. The molecule has 1 N–H and O–H groups in total. The van der Waals surface area contributed by atoms with Crippen LogP contribution in [0.2, 0.25) is 0 Å². The second kappa shape index (κ2) is 8.56. The van der Waals surface area contributed by atoms with Gasteiger partial charge in [0.05, 0.1) is 6.33 Å². The van der Waals surface area contributed by atoms with Crippen molar-refractivity contribution in [2.45, 2.75) is 71.3 Å². The Morgan fingerprint density at radius 2 is 1.73 bits per heavy atom. The largest absolute Gasteiger partial charge is 0.339 e. The van der Waals surface area contributed by atoms with Gasteiger partial charge >= 0.3 is 0 Å². The Hall–Kier alpha value is -1.85. The van der Waals surface area contributed by atoms with Gasteiger partial charge in [-0.2, -0.15) is 4.68 Å². The van der Waals surface area contributed by atoms with Crippen molar-refractivity contribution in [3.05, 3.63) is 16.7 Å². The number of hydrogen-bond acceptors (Lipinski definition) is 3. The summed E-state index contributed by atoms with van der Waals surface area (Å²) in [5, 5.41) is 0. The standard InChI is InChI=1S/C16H26N4O2/c1-2-3-4-5-6-7-8-9-10-11-19-16(22)14-15(18-12-17-14)20(19)13-21/h12-13H,2-11H2,1H3,(H,17,18). The maximum absolute atomic E-state index is 12.1. The lowest BCUT2D eigenvalue weighted by Gasteiger charge is -2.06. The lowest BCUT2D eigenvalue weighted by molar-refractivity contribution is 0.472. The average Bonchev–Trinajstić information content (AvgIpc) is 3.09. The van der Waals surface area contributed by atoms with Crippen LogP contribution in [0.3, 0.4) is 0 Å². The van der Waals surface area contributed by atoms with E-state index in [-0.39, 0.29) is 5.56 Å². The van der Waals surface area contributed by atoms with Crippen molar-refractivity contribution in [3.63, 3.8) is 0 Å². The first-order valence-corrected chi connectivity index (χ1v) is 8.39. The van der Waals surface area contributed by atoms with Gasteiger partial charge in [0.15, 0.2) is 11.2 Å². The summed E-state index contributed by atoms with van der Waals surface area (Å²) >= 11 is 0. The van der Waals surface area contributed by atoms with E-state index in [9.17, 15) is 9.59 Å². The Labute approximate surface area is 130 Å². The molecule has 6 heteroatoms. The number of aromatic nitrogens is 4. The third-order valence-electron chi connectivity index (χ3n) is 4.12. The zero-order chi connectivity index (χ0) is 15.8. The highest BCUT2D eigenvalue weighted by atomic mass is 16.2. The molecule has 0 radical (unpaired) electrons. The maximum Gasteiger partial charge on any atom is 0.293 e. The summed E-state index contributed by atoms with van der Waals surface area (Å²) < 4.78 is 2.78. The molecule has 0 aliphatic heterocycles. The highest BCUT2D eigenvalue weighted by molar-refractivity contribution is 5.76. The molecule has 0 amide bonds. The first-order valence-electron chi connectivity index (χ1n) is 8.39. The Morgan fingerprint density at radius 1 is 1.09 bits per heavy atom. The Morgan fingerprint density at radius 3 is 2.36 bits per heavy atom. The second-order valence-corrected chi connectivity index (χ2v) is 5.81. The van der Waals surface area contributed by atoms with Crippen molar-refractivity contribution in [2.24, 2.45) is 0 Å². The number of H-pyrrole nitrogens is 1. The number of rotatable bonds is 11. The van der Waals surface area contributed by atoms with E-state index in [4.69, 9.17) is 0 Å². The SMILES string of the molecule is CCCCCCCCCCCn1c(=O)c2[nH]cnc2n1C=O. The molecule has 0 bridgehead atoms. The van der Waals surface area contributed by atoms with Crippen LogP contribution in [0.4, 0.5) is 0 Å². The number of carbonyl (C=O) groups excluding carboxylic acids is 1. The van der Waals surface area contributed by atoms with Crippen molar-refractivity contribution in [2.75, 3.05) is 0 Å². The van der Waals surface area contributed by atoms with E-state index in [0.717, 1.165) is 12.8 Å². The van der Waals surface area contributed by atoms with Gasteiger partial charge in [0, 0.05) is 6.54 Å². The number of fused-ring (bicyclic) bond motifs is 1. The third-order valence-corrected chi connectivity index (χ3v) is 4.12. The van der Waals surface area contributed by atoms with Crippen LogP contribution < -0.4 is 5.56 Å². The molecule has 0 aliphatic rings. The normalized spacial score (nSPS) is 11.3. The Kier molecular flexibility index (Phi) is 6.43. The first kappa shape index (κ1) is 16.5. The topological polar surface area (TPSA) is 72.7 Å². The molecular formula is C16H26N4O2. The van der Waals surface area contributed by atoms with E-state index < -0.39 is 0 Å². The summed E-state index contributed by atoms with van der Waals surface area (Å²) in [6, 6.07) is 0. The molecule has 0 fully saturated rings. The molecule has 0 aliphatic carbocycles. The van der Waals surface area contributed by atoms with Gasteiger partial charge in [-0.05, 0) is 6.42 Å². The summed E-state index contributed by atoms with van der Waals surface area (Å²) in [6.45, 7) is 2.80. The summed E-state index contributed by atoms with van der Waals surface area (Å²) in [5.74, 6) is 0. The minimum Gasteiger partial charge on any atom is -0.339 e. The van der Waals surface area contributed by atoms with Gasteiger partial charge in [0.2, 0.25) is 6.41 Å². The number of unbranched alkanes of at least 4 members (excludes halogenated alkanes) is 8. The van der Waals surface area contributed by atoms with Crippen LogP contribution >= 0.6 is 0 Å². The van der Waals surface area contributed by atoms with Crippen LogP contribution in [-0.2, 0) is 11.3 Å². The average molecular weight is 306 g/mol. The lowest BCUT2D eigenvalue weighted by atomic mass is 10.1. The van der Waals surface area contributed by atoms with Crippen LogP contribution in [0.15, 0.2) is 11.1 Å². The predicted octanol–water partition coefficient (Wildman–Crippen LogP) is 3.10. The van der Waals surface area contributed by atoms with Crippen LogP contribution in [0.1, 0.15) is 64.7 Å². The van der Waals surface area contributed by atoms with Crippen molar-refractivity contribution < 1.29 is 4.79 Å². The molecule has 22 heavy (non-hydrogen) atoms. The fraction of sp³-hybridized carbons (Fsp3) is 0.688. The number of imidazole rings is 1. The van der Waals surface area contributed by atoms with Crippen LogP contribution in [0, 0.1) is 0 Å². The minimum absolute atomic E-state index is 0.167.